The van der Waals surface area contributed by atoms with E-state index >= 15 is 0 Å². The van der Waals surface area contributed by atoms with Gasteiger partial charge in [-0.3, -0.25) is 4.98 Å². The number of pyridine rings is 2. The van der Waals surface area contributed by atoms with E-state index in [0.29, 0.717) is 37.2 Å². The number of aromatic nitrogens is 6. The molecule has 0 spiro atoms. The van der Waals surface area contributed by atoms with Gasteiger partial charge in [-0.1, -0.05) is 11.3 Å². The minimum atomic E-state index is -1.48. The van der Waals surface area contributed by atoms with E-state index in [1.54, 1.807) is 22.0 Å². The molecule has 192 valence electrons. The first-order valence-corrected chi connectivity index (χ1v) is 12.6. The van der Waals surface area contributed by atoms with Crippen molar-refractivity contribution in [2.75, 3.05) is 24.5 Å². The third-order valence-electron chi connectivity index (χ3n) is 7.90. The summed E-state index contributed by atoms with van der Waals surface area (Å²) in [5, 5.41) is 12.0. The van der Waals surface area contributed by atoms with Crippen molar-refractivity contribution in [1.29, 1.82) is 0 Å². The first-order chi connectivity index (χ1) is 17.9. The van der Waals surface area contributed by atoms with Crippen LogP contribution in [0.15, 0.2) is 49.2 Å². The number of fused-ring (bicyclic) bond motifs is 1. The molecule has 0 amide bonds. The van der Waals surface area contributed by atoms with Crippen LogP contribution in [0.5, 0.6) is 0 Å². The number of nitrogens with zero attached hydrogens (tertiary/aromatic N) is 7. The van der Waals surface area contributed by atoms with Gasteiger partial charge in [-0.15, -0.1) is 5.10 Å². The first-order valence-electron chi connectivity index (χ1n) is 12.6. The Morgan fingerprint density at radius 3 is 2.62 bits per heavy atom. The van der Waals surface area contributed by atoms with Crippen molar-refractivity contribution in [2.24, 2.45) is 5.41 Å². The minimum Gasteiger partial charge on any atom is -0.364 e. The average molecular weight is 509 g/mol. The Labute approximate surface area is 211 Å². The molecule has 4 fully saturated rings. The summed E-state index contributed by atoms with van der Waals surface area (Å²) in [6, 6.07) is 5.88. The third-order valence-corrected chi connectivity index (χ3v) is 7.90. The van der Waals surface area contributed by atoms with Gasteiger partial charge in [0, 0.05) is 37.2 Å². The van der Waals surface area contributed by atoms with Gasteiger partial charge in [0.25, 0.3) is 0 Å². The zero-order chi connectivity index (χ0) is 25.2. The van der Waals surface area contributed by atoms with Crippen LogP contribution in [-0.4, -0.2) is 67.0 Å². The summed E-state index contributed by atoms with van der Waals surface area (Å²) in [6.45, 7) is 2.08. The lowest BCUT2D eigenvalue weighted by Gasteiger charge is -2.66. The van der Waals surface area contributed by atoms with E-state index in [4.69, 9.17) is 0 Å². The topological polar surface area (TPSA) is 76.2 Å². The predicted molar refractivity (Wildman–Crippen MR) is 131 cm³/mol. The summed E-state index contributed by atoms with van der Waals surface area (Å²) in [4.78, 5) is 10.6. The average Bonchev–Trinajstić information content (AvgIpc) is 3.56. The van der Waals surface area contributed by atoms with Crippen molar-refractivity contribution in [3.8, 4) is 11.3 Å². The molecule has 1 N–H and O–H groups in total. The molecule has 5 heterocycles. The molecule has 1 aliphatic heterocycles. The van der Waals surface area contributed by atoms with Gasteiger partial charge < -0.3 is 14.6 Å². The lowest BCUT2D eigenvalue weighted by Crippen LogP contribution is -2.67. The fraction of sp³-hybridized carbons (Fsp3) is 0.462. The SMILES string of the molecule is F[C@@H]1CN(c2cncc(-c3cn(Cc4cn5cc(CNCC67CC(F)(C6)C7)ccc5n4)nn3)c2)C[C@H]1F. The van der Waals surface area contributed by atoms with Crippen molar-refractivity contribution >= 4 is 11.3 Å². The van der Waals surface area contributed by atoms with Gasteiger partial charge in [0.05, 0.1) is 43.4 Å². The van der Waals surface area contributed by atoms with Crippen LogP contribution in [0.25, 0.3) is 16.9 Å². The van der Waals surface area contributed by atoms with Gasteiger partial charge in [-0.25, -0.2) is 22.8 Å². The Balaban J connectivity index is 1.00. The third kappa shape index (κ3) is 4.14. The van der Waals surface area contributed by atoms with Crippen LogP contribution in [0.4, 0.5) is 18.9 Å². The molecule has 1 saturated heterocycles. The molecular weight excluding hydrogens is 481 g/mol. The molecule has 4 aliphatic rings. The summed E-state index contributed by atoms with van der Waals surface area (Å²) in [6.07, 6.45) is 8.28. The molecule has 3 saturated carbocycles. The Bertz CT molecular complexity index is 1440. The van der Waals surface area contributed by atoms with Crippen molar-refractivity contribution in [3.63, 3.8) is 0 Å². The normalized spacial score (nSPS) is 28.5. The quantitative estimate of drug-likeness (QED) is 0.393. The summed E-state index contributed by atoms with van der Waals surface area (Å²) in [5.74, 6) is 0. The molecular formula is C26H27F3N8. The summed E-state index contributed by atoms with van der Waals surface area (Å²) in [7, 11) is 0. The lowest BCUT2D eigenvalue weighted by atomic mass is 9.42. The van der Waals surface area contributed by atoms with Crippen LogP contribution in [0.3, 0.4) is 0 Å². The van der Waals surface area contributed by atoms with Crippen LogP contribution in [-0.2, 0) is 13.1 Å². The van der Waals surface area contributed by atoms with Gasteiger partial charge in [0.2, 0.25) is 0 Å². The number of hydrogen-bond acceptors (Lipinski definition) is 6. The zero-order valence-corrected chi connectivity index (χ0v) is 20.2. The highest BCUT2D eigenvalue weighted by Crippen LogP contribution is 2.69. The van der Waals surface area contributed by atoms with Crippen LogP contribution in [0.2, 0.25) is 0 Å². The van der Waals surface area contributed by atoms with Gasteiger partial charge in [0.15, 0.2) is 12.3 Å². The van der Waals surface area contributed by atoms with E-state index in [1.165, 1.54) is 0 Å². The summed E-state index contributed by atoms with van der Waals surface area (Å²) in [5.41, 5.74) is 4.19. The standard InChI is InChI=1S/C26H27F3N8/c27-21-10-35(11-22(21)28)20-3-18(5-30-6-20)23-12-37(34-33-23)9-19-8-36-7-17(1-2-24(36)32-19)4-31-16-25-13-26(29,14-25)15-25/h1-3,5-8,12,21-22,31H,4,9-11,13-16H2/t21-,22-,25?,26?/m1/s1. The molecule has 3 aliphatic carbocycles. The van der Waals surface area contributed by atoms with E-state index in [0.717, 1.165) is 35.6 Å². The maximum atomic E-state index is 13.7. The van der Waals surface area contributed by atoms with Crippen LogP contribution >= 0.6 is 0 Å². The number of halogens is 3. The summed E-state index contributed by atoms with van der Waals surface area (Å²) >= 11 is 0. The van der Waals surface area contributed by atoms with Gasteiger partial charge in [-0.2, -0.15) is 0 Å². The first kappa shape index (κ1) is 22.7. The van der Waals surface area contributed by atoms with Gasteiger partial charge in [0.1, 0.15) is 17.0 Å². The van der Waals surface area contributed by atoms with E-state index < -0.39 is 18.0 Å². The smallest absolute Gasteiger partial charge is 0.150 e. The molecule has 4 aromatic heterocycles. The maximum absolute atomic E-state index is 13.7. The zero-order valence-electron chi connectivity index (χ0n) is 20.2. The molecule has 2 bridgehead atoms. The van der Waals surface area contributed by atoms with E-state index in [9.17, 15) is 13.2 Å². The van der Waals surface area contributed by atoms with Crippen molar-refractivity contribution in [3.05, 3.63) is 60.4 Å². The largest absolute Gasteiger partial charge is 0.364 e. The molecule has 37 heavy (non-hydrogen) atoms. The highest BCUT2D eigenvalue weighted by atomic mass is 19.2. The number of anilines is 1. The van der Waals surface area contributed by atoms with Gasteiger partial charge in [-0.05, 0) is 42.4 Å². The number of imidazole rings is 1. The Hall–Kier alpha value is -3.47. The molecule has 0 radical (unpaired) electrons. The fourth-order valence-electron chi connectivity index (χ4n) is 6.14. The number of hydrogen-bond donors (Lipinski definition) is 1. The molecule has 4 aromatic rings. The Kier molecular flexibility index (Phi) is 5.08. The molecule has 2 atom stereocenters. The minimum absolute atomic E-state index is 0.0191. The number of nitrogens with one attached hydrogen (secondary N) is 1. The second-order valence-electron chi connectivity index (χ2n) is 11.0. The monoisotopic (exact) mass is 508 g/mol. The van der Waals surface area contributed by atoms with E-state index in [1.807, 2.05) is 28.9 Å². The van der Waals surface area contributed by atoms with Crippen LogP contribution in [0, 0.1) is 5.41 Å². The highest BCUT2D eigenvalue weighted by Gasteiger charge is 2.68. The van der Waals surface area contributed by atoms with Crippen LogP contribution < -0.4 is 10.2 Å². The lowest BCUT2D eigenvalue weighted by molar-refractivity contribution is -0.209. The maximum Gasteiger partial charge on any atom is 0.150 e. The fourth-order valence-corrected chi connectivity index (χ4v) is 6.14. The molecule has 8 nitrogen and oxygen atoms in total. The highest BCUT2D eigenvalue weighted by molar-refractivity contribution is 5.63. The molecule has 8 rings (SSSR count). The molecule has 0 aromatic carbocycles. The van der Waals surface area contributed by atoms with E-state index in [-0.39, 0.29) is 18.5 Å². The predicted octanol–water partition coefficient (Wildman–Crippen LogP) is 3.51. The van der Waals surface area contributed by atoms with Crippen LogP contribution in [0.1, 0.15) is 30.5 Å². The Morgan fingerprint density at radius 2 is 1.84 bits per heavy atom. The number of rotatable bonds is 8. The van der Waals surface area contributed by atoms with Crippen molar-refractivity contribution < 1.29 is 13.2 Å². The molecule has 0 unspecified atom stereocenters. The molecule has 11 heteroatoms. The number of alkyl halides is 3. The van der Waals surface area contributed by atoms with Crippen molar-refractivity contribution in [1.82, 2.24) is 34.7 Å². The van der Waals surface area contributed by atoms with Gasteiger partial charge >= 0.3 is 0 Å². The second-order valence-corrected chi connectivity index (χ2v) is 11.0. The van der Waals surface area contributed by atoms with E-state index in [2.05, 4.69) is 37.9 Å². The van der Waals surface area contributed by atoms with Crippen molar-refractivity contribution in [2.45, 2.75) is 50.4 Å². The second kappa shape index (κ2) is 8.27. The summed E-state index contributed by atoms with van der Waals surface area (Å²) < 4.78 is 44.7. The Morgan fingerprint density at radius 1 is 1.03 bits per heavy atom.